The van der Waals surface area contributed by atoms with Crippen molar-refractivity contribution in [2.24, 2.45) is 11.1 Å². The Morgan fingerprint density at radius 1 is 1.31 bits per heavy atom. The van der Waals surface area contributed by atoms with Crippen LogP contribution in [0.25, 0.3) is 0 Å². The largest absolute Gasteiger partial charge is 0.375 e. The van der Waals surface area contributed by atoms with Gasteiger partial charge in [0, 0.05) is 12.6 Å². The number of hydrogen-bond acceptors (Lipinski definition) is 2. The van der Waals surface area contributed by atoms with E-state index in [2.05, 4.69) is 0 Å². The number of alkyl halides is 2. The topological polar surface area (TPSA) is 35.2 Å². The molecule has 0 rings (SSSR count). The molecule has 13 heavy (non-hydrogen) atoms. The Morgan fingerprint density at radius 3 is 2.23 bits per heavy atom. The quantitative estimate of drug-likeness (QED) is 0.681. The Kier molecular flexibility index (Phi) is 5.40. The molecule has 0 aromatic rings. The standard InChI is InChI=1S/C9H19F2NO/c1-9(2,3)7(12)4-5-13-6-8(10)11/h7-8H,4-6,12H2,1-3H3. The first-order chi connectivity index (χ1) is 5.84. The van der Waals surface area contributed by atoms with Gasteiger partial charge in [0.05, 0.1) is 0 Å². The molecule has 0 fully saturated rings. The normalized spacial score (nSPS) is 15.0. The summed E-state index contributed by atoms with van der Waals surface area (Å²) >= 11 is 0. The van der Waals surface area contributed by atoms with E-state index >= 15 is 0 Å². The highest BCUT2D eigenvalue weighted by molar-refractivity contribution is 4.76. The Bertz CT molecular complexity index is 134. The zero-order chi connectivity index (χ0) is 10.5. The molecule has 0 radical (unpaired) electrons. The third-order valence-electron chi connectivity index (χ3n) is 1.93. The lowest BCUT2D eigenvalue weighted by Crippen LogP contribution is -2.36. The molecule has 2 nitrogen and oxygen atoms in total. The van der Waals surface area contributed by atoms with Crippen molar-refractivity contribution in [1.29, 1.82) is 0 Å². The Morgan fingerprint density at radius 2 is 1.85 bits per heavy atom. The SMILES string of the molecule is CC(C)(C)C(N)CCOCC(F)F. The van der Waals surface area contributed by atoms with E-state index in [0.717, 1.165) is 0 Å². The molecule has 1 atom stereocenters. The highest BCUT2D eigenvalue weighted by Crippen LogP contribution is 2.19. The maximum absolute atomic E-state index is 11.6. The summed E-state index contributed by atoms with van der Waals surface area (Å²) in [6, 6.07) is -0.00910. The lowest BCUT2D eigenvalue weighted by atomic mass is 9.86. The molecule has 0 aliphatic heterocycles. The lowest BCUT2D eigenvalue weighted by molar-refractivity contribution is 0.0126. The van der Waals surface area contributed by atoms with Crippen LogP contribution < -0.4 is 5.73 Å². The van der Waals surface area contributed by atoms with Crippen LogP contribution in [0.4, 0.5) is 8.78 Å². The second kappa shape index (κ2) is 5.50. The van der Waals surface area contributed by atoms with Crippen LogP contribution in [0.5, 0.6) is 0 Å². The molecule has 0 spiro atoms. The molecule has 1 unspecified atom stereocenters. The second-order valence-corrected chi connectivity index (χ2v) is 4.23. The van der Waals surface area contributed by atoms with Crippen LogP contribution >= 0.6 is 0 Å². The molecule has 2 N–H and O–H groups in total. The van der Waals surface area contributed by atoms with Gasteiger partial charge in [-0.25, -0.2) is 8.78 Å². The summed E-state index contributed by atoms with van der Waals surface area (Å²) in [6.07, 6.45) is -1.76. The molecule has 0 amide bonds. The van der Waals surface area contributed by atoms with Crippen molar-refractivity contribution in [2.75, 3.05) is 13.2 Å². The Hall–Kier alpha value is -0.220. The number of ether oxygens (including phenoxy) is 1. The third-order valence-corrected chi connectivity index (χ3v) is 1.93. The summed E-state index contributed by atoms with van der Waals surface area (Å²) in [4.78, 5) is 0. The van der Waals surface area contributed by atoms with Crippen LogP contribution in [-0.4, -0.2) is 25.7 Å². The molecule has 80 valence electrons. The van der Waals surface area contributed by atoms with E-state index < -0.39 is 13.0 Å². The van der Waals surface area contributed by atoms with E-state index in [9.17, 15) is 8.78 Å². The first kappa shape index (κ1) is 12.8. The van der Waals surface area contributed by atoms with Gasteiger partial charge in [-0.05, 0) is 11.8 Å². The maximum Gasteiger partial charge on any atom is 0.261 e. The van der Waals surface area contributed by atoms with E-state index in [0.29, 0.717) is 13.0 Å². The minimum Gasteiger partial charge on any atom is -0.375 e. The van der Waals surface area contributed by atoms with Gasteiger partial charge < -0.3 is 10.5 Å². The molecule has 0 aliphatic carbocycles. The van der Waals surface area contributed by atoms with Gasteiger partial charge in [-0.1, -0.05) is 20.8 Å². The summed E-state index contributed by atoms with van der Waals surface area (Å²) in [6.45, 7) is 5.87. The summed E-state index contributed by atoms with van der Waals surface area (Å²) in [5.41, 5.74) is 5.81. The summed E-state index contributed by atoms with van der Waals surface area (Å²) in [7, 11) is 0. The smallest absolute Gasteiger partial charge is 0.261 e. The molecule has 0 saturated heterocycles. The van der Waals surface area contributed by atoms with Crippen LogP contribution in [0.1, 0.15) is 27.2 Å². The number of nitrogens with two attached hydrogens (primary N) is 1. The molecule has 0 aliphatic rings. The van der Waals surface area contributed by atoms with Crippen molar-refractivity contribution in [3.63, 3.8) is 0 Å². The van der Waals surface area contributed by atoms with Crippen LogP contribution in [0.2, 0.25) is 0 Å². The van der Waals surface area contributed by atoms with Crippen molar-refractivity contribution in [3.05, 3.63) is 0 Å². The summed E-state index contributed by atoms with van der Waals surface area (Å²) in [5, 5.41) is 0. The third kappa shape index (κ3) is 6.90. The van der Waals surface area contributed by atoms with E-state index in [1.807, 2.05) is 20.8 Å². The van der Waals surface area contributed by atoms with Crippen molar-refractivity contribution >= 4 is 0 Å². The van der Waals surface area contributed by atoms with Gasteiger partial charge in [-0.2, -0.15) is 0 Å². The average Bonchev–Trinajstić information content (AvgIpc) is 1.95. The van der Waals surface area contributed by atoms with Gasteiger partial charge in [-0.15, -0.1) is 0 Å². The minimum absolute atomic E-state index is 0.00813. The first-order valence-electron chi connectivity index (χ1n) is 4.45. The predicted octanol–water partition coefficient (Wildman–Crippen LogP) is 2.03. The van der Waals surface area contributed by atoms with Crippen molar-refractivity contribution in [1.82, 2.24) is 0 Å². The second-order valence-electron chi connectivity index (χ2n) is 4.23. The van der Waals surface area contributed by atoms with E-state index in [1.54, 1.807) is 0 Å². The van der Waals surface area contributed by atoms with Crippen LogP contribution in [-0.2, 0) is 4.74 Å². The molecular weight excluding hydrogens is 176 g/mol. The molecule has 0 aromatic heterocycles. The number of rotatable bonds is 5. The van der Waals surface area contributed by atoms with Crippen LogP contribution in [0, 0.1) is 5.41 Å². The summed E-state index contributed by atoms with van der Waals surface area (Å²) in [5.74, 6) is 0. The first-order valence-corrected chi connectivity index (χ1v) is 4.45. The Balaban J connectivity index is 3.43. The monoisotopic (exact) mass is 195 g/mol. The lowest BCUT2D eigenvalue weighted by Gasteiger charge is -2.26. The van der Waals surface area contributed by atoms with E-state index in [1.165, 1.54) is 0 Å². The van der Waals surface area contributed by atoms with Gasteiger partial charge >= 0.3 is 0 Å². The molecule has 0 saturated carbocycles. The summed E-state index contributed by atoms with van der Waals surface area (Å²) < 4.78 is 28.0. The van der Waals surface area contributed by atoms with E-state index in [4.69, 9.17) is 10.5 Å². The van der Waals surface area contributed by atoms with E-state index in [-0.39, 0.29) is 11.5 Å². The number of halogens is 2. The van der Waals surface area contributed by atoms with Crippen molar-refractivity contribution < 1.29 is 13.5 Å². The van der Waals surface area contributed by atoms with Crippen molar-refractivity contribution in [3.8, 4) is 0 Å². The highest BCUT2D eigenvalue weighted by Gasteiger charge is 2.19. The van der Waals surface area contributed by atoms with Crippen LogP contribution in [0.3, 0.4) is 0 Å². The fraction of sp³-hybridized carbons (Fsp3) is 1.00. The molecule has 0 heterocycles. The maximum atomic E-state index is 11.6. The number of hydrogen-bond donors (Lipinski definition) is 1. The molecule has 0 bridgehead atoms. The zero-order valence-corrected chi connectivity index (χ0v) is 8.52. The van der Waals surface area contributed by atoms with Gasteiger partial charge in [-0.3, -0.25) is 0 Å². The molecule has 0 aromatic carbocycles. The molecule has 4 heteroatoms. The highest BCUT2D eigenvalue weighted by atomic mass is 19.3. The Labute approximate surface area is 78.4 Å². The minimum atomic E-state index is -2.38. The average molecular weight is 195 g/mol. The van der Waals surface area contributed by atoms with Gasteiger partial charge in [0.2, 0.25) is 0 Å². The van der Waals surface area contributed by atoms with Gasteiger partial charge in [0.1, 0.15) is 6.61 Å². The zero-order valence-electron chi connectivity index (χ0n) is 8.52. The predicted molar refractivity (Wildman–Crippen MR) is 48.9 cm³/mol. The van der Waals surface area contributed by atoms with Crippen LogP contribution in [0.15, 0.2) is 0 Å². The van der Waals surface area contributed by atoms with Crippen molar-refractivity contribution in [2.45, 2.75) is 39.7 Å². The fourth-order valence-corrected chi connectivity index (χ4v) is 0.816. The fourth-order valence-electron chi connectivity index (χ4n) is 0.816. The van der Waals surface area contributed by atoms with Gasteiger partial charge in [0.25, 0.3) is 6.43 Å². The molecular formula is C9H19F2NO. The van der Waals surface area contributed by atoms with Gasteiger partial charge in [0.15, 0.2) is 0 Å².